The van der Waals surface area contributed by atoms with Crippen molar-refractivity contribution in [2.24, 2.45) is 5.73 Å². The second-order valence-electron chi connectivity index (χ2n) is 3.73. The summed E-state index contributed by atoms with van der Waals surface area (Å²) in [6.07, 6.45) is 2.13. The number of halogens is 1. The fourth-order valence-corrected chi connectivity index (χ4v) is 2.05. The van der Waals surface area contributed by atoms with Gasteiger partial charge in [-0.05, 0) is 35.8 Å². The van der Waals surface area contributed by atoms with Gasteiger partial charge < -0.3 is 10.6 Å². The Labute approximate surface area is 108 Å². The van der Waals surface area contributed by atoms with Gasteiger partial charge in [0.15, 0.2) is 0 Å². The second-order valence-corrected chi connectivity index (χ2v) is 4.52. The maximum atomic E-state index is 10.7. The second kappa shape index (κ2) is 5.92. The van der Waals surface area contributed by atoms with E-state index >= 15 is 0 Å². The van der Waals surface area contributed by atoms with E-state index in [4.69, 9.17) is 5.73 Å². The van der Waals surface area contributed by atoms with Crippen LogP contribution in [-0.4, -0.2) is 30.0 Å². The van der Waals surface area contributed by atoms with Crippen LogP contribution < -0.4 is 10.6 Å². The molecule has 0 atom stereocenters. The molecule has 1 heterocycles. The fraction of sp³-hybridized carbons (Fsp3) is 0.500. The molecule has 0 saturated carbocycles. The summed E-state index contributed by atoms with van der Waals surface area (Å²) in [5.74, 6) is 0.696. The molecular weight excluding hydrogens is 288 g/mol. The lowest BCUT2D eigenvalue weighted by atomic mass is 10.2. The number of nitrogens with two attached hydrogens (primary N) is 1. The van der Waals surface area contributed by atoms with E-state index in [2.05, 4.69) is 20.9 Å². The third-order valence-corrected chi connectivity index (χ3v) is 3.42. The van der Waals surface area contributed by atoms with Crippen LogP contribution in [0.5, 0.6) is 0 Å². The number of nitrogens with zero attached hydrogens (tertiary/aromatic N) is 3. The average Bonchev–Trinajstić information content (AvgIpc) is 2.29. The molecule has 1 aromatic rings. The van der Waals surface area contributed by atoms with E-state index in [0.717, 1.165) is 13.0 Å². The summed E-state index contributed by atoms with van der Waals surface area (Å²) in [5, 5.41) is 10.7. The highest BCUT2D eigenvalue weighted by Crippen LogP contribution is 2.32. The minimum absolute atomic E-state index is 0.0212. The molecule has 6 nitrogen and oxygen atoms in total. The van der Waals surface area contributed by atoms with Gasteiger partial charge in [0.05, 0.1) is 9.40 Å². The Morgan fingerprint density at radius 3 is 2.82 bits per heavy atom. The van der Waals surface area contributed by atoms with Crippen LogP contribution in [0, 0.1) is 17.0 Å². The third-order valence-electron chi connectivity index (χ3n) is 2.47. The zero-order valence-electron chi connectivity index (χ0n) is 9.81. The minimum atomic E-state index is -0.434. The molecule has 0 aliphatic rings. The molecule has 0 spiro atoms. The molecule has 0 fully saturated rings. The Morgan fingerprint density at radius 1 is 1.65 bits per heavy atom. The van der Waals surface area contributed by atoms with Crippen LogP contribution in [0.15, 0.2) is 10.7 Å². The van der Waals surface area contributed by atoms with Gasteiger partial charge in [0.25, 0.3) is 5.69 Å². The first kappa shape index (κ1) is 13.9. The molecule has 0 aromatic carbocycles. The number of rotatable bonds is 5. The molecule has 0 bridgehead atoms. The highest BCUT2D eigenvalue weighted by Gasteiger charge is 2.18. The summed E-state index contributed by atoms with van der Waals surface area (Å²) in [6.45, 7) is 3.07. The molecule has 1 aromatic heterocycles. The topological polar surface area (TPSA) is 85.3 Å². The Morgan fingerprint density at radius 2 is 2.29 bits per heavy atom. The Hall–Kier alpha value is -1.21. The van der Waals surface area contributed by atoms with Crippen LogP contribution in [0.2, 0.25) is 0 Å². The van der Waals surface area contributed by atoms with Gasteiger partial charge in [-0.25, -0.2) is 4.98 Å². The first-order valence-electron chi connectivity index (χ1n) is 5.19. The average molecular weight is 303 g/mol. The molecule has 1 rings (SSSR count). The number of aromatic nitrogens is 1. The summed E-state index contributed by atoms with van der Waals surface area (Å²) in [5.41, 5.74) is 6.04. The minimum Gasteiger partial charge on any atom is -0.359 e. The van der Waals surface area contributed by atoms with Gasteiger partial charge in [-0.3, -0.25) is 10.1 Å². The number of pyridine rings is 1. The van der Waals surface area contributed by atoms with E-state index in [9.17, 15) is 10.1 Å². The van der Waals surface area contributed by atoms with Crippen LogP contribution in [0.25, 0.3) is 0 Å². The van der Waals surface area contributed by atoms with Crippen molar-refractivity contribution < 1.29 is 4.92 Å². The van der Waals surface area contributed by atoms with Crippen molar-refractivity contribution in [2.75, 3.05) is 25.0 Å². The number of nitro groups is 1. The van der Waals surface area contributed by atoms with E-state index in [0.29, 0.717) is 22.4 Å². The molecule has 0 aliphatic heterocycles. The fourth-order valence-electron chi connectivity index (χ4n) is 1.44. The molecule has 2 N–H and O–H groups in total. The van der Waals surface area contributed by atoms with Crippen molar-refractivity contribution in [3.05, 3.63) is 26.3 Å². The van der Waals surface area contributed by atoms with Crippen molar-refractivity contribution in [3.63, 3.8) is 0 Å². The lowest BCUT2D eigenvalue weighted by Gasteiger charge is -2.19. The van der Waals surface area contributed by atoms with E-state index in [1.165, 1.54) is 6.20 Å². The predicted octanol–water partition coefficient (Wildman–Crippen LogP) is 1.85. The number of hydrogen-bond donors (Lipinski definition) is 1. The number of hydrogen-bond acceptors (Lipinski definition) is 5. The van der Waals surface area contributed by atoms with E-state index in [1.807, 2.05) is 11.9 Å². The van der Waals surface area contributed by atoms with E-state index < -0.39 is 4.92 Å². The quantitative estimate of drug-likeness (QED) is 0.662. The summed E-state index contributed by atoms with van der Waals surface area (Å²) in [7, 11) is 1.88. The van der Waals surface area contributed by atoms with Gasteiger partial charge in [0, 0.05) is 19.2 Å². The highest BCUT2D eigenvalue weighted by atomic mass is 79.9. The smallest absolute Gasteiger partial charge is 0.291 e. The summed E-state index contributed by atoms with van der Waals surface area (Å²) >= 11 is 3.35. The van der Waals surface area contributed by atoms with Crippen LogP contribution in [0.4, 0.5) is 11.5 Å². The third kappa shape index (κ3) is 3.13. The SMILES string of the molecule is Cc1c([N+](=O)[O-])cnc(N(C)CCCN)c1Br. The lowest BCUT2D eigenvalue weighted by molar-refractivity contribution is -0.385. The van der Waals surface area contributed by atoms with Gasteiger partial charge in [-0.2, -0.15) is 0 Å². The summed E-state index contributed by atoms with van der Waals surface area (Å²) in [6, 6.07) is 0. The van der Waals surface area contributed by atoms with Crippen molar-refractivity contribution in [1.29, 1.82) is 0 Å². The van der Waals surface area contributed by atoms with Crippen molar-refractivity contribution in [2.45, 2.75) is 13.3 Å². The van der Waals surface area contributed by atoms with Gasteiger partial charge in [-0.1, -0.05) is 0 Å². The van der Waals surface area contributed by atoms with Gasteiger partial charge >= 0.3 is 0 Å². The van der Waals surface area contributed by atoms with Gasteiger partial charge in [0.1, 0.15) is 12.0 Å². The molecule has 17 heavy (non-hydrogen) atoms. The summed E-state index contributed by atoms with van der Waals surface area (Å²) < 4.78 is 0.659. The monoisotopic (exact) mass is 302 g/mol. The highest BCUT2D eigenvalue weighted by molar-refractivity contribution is 9.10. The molecule has 0 radical (unpaired) electrons. The maximum absolute atomic E-state index is 10.7. The molecule has 0 unspecified atom stereocenters. The molecule has 0 amide bonds. The van der Waals surface area contributed by atoms with Crippen LogP contribution in [0.3, 0.4) is 0 Å². The van der Waals surface area contributed by atoms with Crippen molar-refractivity contribution in [3.8, 4) is 0 Å². The lowest BCUT2D eigenvalue weighted by Crippen LogP contribution is -2.22. The molecule has 94 valence electrons. The Kier molecular flexibility index (Phi) is 4.83. The normalized spacial score (nSPS) is 10.4. The van der Waals surface area contributed by atoms with Crippen LogP contribution >= 0.6 is 15.9 Å². The van der Waals surface area contributed by atoms with Gasteiger partial charge in [0.2, 0.25) is 0 Å². The van der Waals surface area contributed by atoms with Crippen LogP contribution in [0.1, 0.15) is 12.0 Å². The molecule has 0 aliphatic carbocycles. The van der Waals surface area contributed by atoms with E-state index in [1.54, 1.807) is 6.92 Å². The first-order valence-corrected chi connectivity index (χ1v) is 5.99. The largest absolute Gasteiger partial charge is 0.359 e. The number of anilines is 1. The molecule has 7 heteroatoms. The van der Waals surface area contributed by atoms with Gasteiger partial charge in [-0.15, -0.1) is 0 Å². The maximum Gasteiger partial charge on any atom is 0.291 e. The van der Waals surface area contributed by atoms with Crippen molar-refractivity contribution in [1.82, 2.24) is 4.98 Å². The van der Waals surface area contributed by atoms with Crippen LogP contribution in [-0.2, 0) is 0 Å². The summed E-state index contributed by atoms with van der Waals surface area (Å²) in [4.78, 5) is 16.3. The standard InChI is InChI=1S/C10H15BrN4O2/c1-7-8(15(16)17)6-13-10(9(7)11)14(2)5-3-4-12/h6H,3-5,12H2,1-2H3. The molecular formula is C10H15BrN4O2. The predicted molar refractivity (Wildman–Crippen MR) is 70.3 cm³/mol. The zero-order chi connectivity index (χ0) is 13.0. The Bertz CT molecular complexity index is 425. The van der Waals surface area contributed by atoms with E-state index in [-0.39, 0.29) is 5.69 Å². The van der Waals surface area contributed by atoms with Crippen molar-refractivity contribution >= 4 is 27.4 Å². The Balaban J connectivity index is 3.03. The molecule has 0 saturated heterocycles. The first-order chi connectivity index (χ1) is 7.99. The zero-order valence-corrected chi connectivity index (χ0v) is 11.4.